The molecule has 0 aliphatic carbocycles. The molecule has 6 nitrogen and oxygen atoms in total. The van der Waals surface area contributed by atoms with Crippen LogP contribution in [0, 0.1) is 0 Å². The Morgan fingerprint density at radius 3 is 2.83 bits per heavy atom. The van der Waals surface area contributed by atoms with Gasteiger partial charge in [0.25, 0.3) is 0 Å². The lowest BCUT2D eigenvalue weighted by atomic mass is 10.1. The molecule has 1 heterocycles. The third-order valence-corrected chi connectivity index (χ3v) is 2.50. The fraction of sp³-hybridized carbons (Fsp3) is 0.417. The van der Waals surface area contributed by atoms with Crippen LogP contribution < -0.4 is 10.6 Å². The number of rotatable bonds is 5. The standard InChI is InChI=1S/C12H17N3O3/c1-3-9-5-4-6-13-10(9)7-14-12(18)15-8(2)11(16)17/h4-6,8H,3,7H2,1-2H3,(H,16,17)(H2,14,15,18)/t8-/m1/s1. The first-order valence-electron chi connectivity index (χ1n) is 5.74. The van der Waals surface area contributed by atoms with Crippen LogP contribution in [0.1, 0.15) is 25.1 Å². The van der Waals surface area contributed by atoms with Crippen molar-refractivity contribution < 1.29 is 14.7 Å². The molecule has 0 unspecified atom stereocenters. The highest BCUT2D eigenvalue weighted by atomic mass is 16.4. The highest BCUT2D eigenvalue weighted by Gasteiger charge is 2.13. The SMILES string of the molecule is CCc1cccnc1CNC(=O)N[C@H](C)C(=O)O. The Labute approximate surface area is 105 Å². The van der Waals surface area contributed by atoms with Gasteiger partial charge in [-0.1, -0.05) is 13.0 Å². The Kier molecular flexibility index (Phi) is 5.10. The van der Waals surface area contributed by atoms with Crippen LogP contribution in [-0.4, -0.2) is 28.1 Å². The fourth-order valence-electron chi connectivity index (χ4n) is 1.43. The van der Waals surface area contributed by atoms with E-state index < -0.39 is 18.0 Å². The summed E-state index contributed by atoms with van der Waals surface area (Å²) in [5.74, 6) is -1.07. The number of carbonyl (C=O) groups is 2. The number of nitrogens with one attached hydrogen (secondary N) is 2. The molecule has 0 saturated heterocycles. The molecule has 98 valence electrons. The summed E-state index contributed by atoms with van der Waals surface area (Å²) >= 11 is 0. The van der Waals surface area contributed by atoms with Crippen molar-refractivity contribution in [1.82, 2.24) is 15.6 Å². The topological polar surface area (TPSA) is 91.3 Å². The van der Waals surface area contributed by atoms with Crippen LogP contribution >= 0.6 is 0 Å². The van der Waals surface area contributed by atoms with Crippen LogP contribution in [0.15, 0.2) is 18.3 Å². The van der Waals surface area contributed by atoms with Crippen LogP contribution in [-0.2, 0) is 17.8 Å². The highest BCUT2D eigenvalue weighted by molar-refractivity contribution is 5.82. The van der Waals surface area contributed by atoms with E-state index in [-0.39, 0.29) is 6.54 Å². The molecule has 3 N–H and O–H groups in total. The van der Waals surface area contributed by atoms with E-state index in [4.69, 9.17) is 5.11 Å². The van der Waals surface area contributed by atoms with Gasteiger partial charge in [0.05, 0.1) is 12.2 Å². The number of amides is 2. The zero-order chi connectivity index (χ0) is 13.5. The molecule has 0 saturated carbocycles. The number of carboxylic acids is 1. The maximum atomic E-state index is 11.4. The van der Waals surface area contributed by atoms with Crippen molar-refractivity contribution in [3.05, 3.63) is 29.6 Å². The summed E-state index contributed by atoms with van der Waals surface area (Å²) in [4.78, 5) is 26.1. The zero-order valence-corrected chi connectivity index (χ0v) is 10.4. The zero-order valence-electron chi connectivity index (χ0n) is 10.4. The number of hydrogen-bond donors (Lipinski definition) is 3. The van der Waals surface area contributed by atoms with Gasteiger partial charge in [-0.25, -0.2) is 4.79 Å². The second-order valence-electron chi connectivity index (χ2n) is 3.85. The highest BCUT2D eigenvalue weighted by Crippen LogP contribution is 2.05. The summed E-state index contributed by atoms with van der Waals surface area (Å²) in [5.41, 5.74) is 1.85. The average molecular weight is 251 g/mol. The average Bonchev–Trinajstić information content (AvgIpc) is 2.36. The molecule has 1 atom stereocenters. The monoisotopic (exact) mass is 251 g/mol. The lowest BCUT2D eigenvalue weighted by molar-refractivity contribution is -0.138. The van der Waals surface area contributed by atoms with E-state index in [1.807, 2.05) is 19.1 Å². The van der Waals surface area contributed by atoms with Gasteiger partial charge in [0, 0.05) is 6.20 Å². The number of nitrogens with zero attached hydrogens (tertiary/aromatic N) is 1. The van der Waals surface area contributed by atoms with Crippen molar-refractivity contribution in [2.45, 2.75) is 32.9 Å². The van der Waals surface area contributed by atoms with E-state index in [0.29, 0.717) is 0 Å². The van der Waals surface area contributed by atoms with E-state index in [0.717, 1.165) is 17.7 Å². The molecule has 0 aromatic carbocycles. The Morgan fingerprint density at radius 2 is 2.22 bits per heavy atom. The maximum Gasteiger partial charge on any atom is 0.325 e. The fourth-order valence-corrected chi connectivity index (χ4v) is 1.43. The minimum Gasteiger partial charge on any atom is -0.480 e. The lowest BCUT2D eigenvalue weighted by Gasteiger charge is -2.11. The second kappa shape index (κ2) is 6.58. The van der Waals surface area contributed by atoms with Gasteiger partial charge in [0.15, 0.2) is 0 Å². The molecular weight excluding hydrogens is 234 g/mol. The van der Waals surface area contributed by atoms with Gasteiger partial charge in [-0.15, -0.1) is 0 Å². The van der Waals surface area contributed by atoms with Crippen LogP contribution in [0.25, 0.3) is 0 Å². The normalized spacial score (nSPS) is 11.7. The maximum absolute atomic E-state index is 11.4. The lowest BCUT2D eigenvalue weighted by Crippen LogP contribution is -2.44. The van der Waals surface area contributed by atoms with Crippen molar-refractivity contribution in [2.75, 3.05) is 0 Å². The number of hydrogen-bond acceptors (Lipinski definition) is 3. The summed E-state index contributed by atoms with van der Waals surface area (Å²) in [5, 5.41) is 13.5. The molecule has 0 spiro atoms. The molecule has 2 amide bonds. The molecule has 0 radical (unpaired) electrons. The molecule has 0 bridgehead atoms. The minimum atomic E-state index is -1.07. The summed E-state index contributed by atoms with van der Waals surface area (Å²) in [6, 6.07) is 2.36. The van der Waals surface area contributed by atoms with Gasteiger partial charge in [-0.05, 0) is 25.0 Å². The van der Waals surface area contributed by atoms with Gasteiger partial charge in [0.2, 0.25) is 0 Å². The molecule has 0 aliphatic rings. The molecule has 6 heteroatoms. The van der Waals surface area contributed by atoms with E-state index in [1.165, 1.54) is 6.92 Å². The molecule has 1 rings (SSSR count). The molecule has 18 heavy (non-hydrogen) atoms. The van der Waals surface area contributed by atoms with Gasteiger partial charge < -0.3 is 15.7 Å². The van der Waals surface area contributed by atoms with Crippen molar-refractivity contribution in [3.63, 3.8) is 0 Å². The smallest absolute Gasteiger partial charge is 0.325 e. The van der Waals surface area contributed by atoms with Crippen LogP contribution in [0.4, 0.5) is 4.79 Å². The van der Waals surface area contributed by atoms with E-state index >= 15 is 0 Å². The summed E-state index contributed by atoms with van der Waals surface area (Å²) in [6.07, 6.45) is 2.49. The van der Waals surface area contributed by atoms with Gasteiger partial charge in [-0.3, -0.25) is 9.78 Å². The molecular formula is C12H17N3O3. The third-order valence-electron chi connectivity index (χ3n) is 2.50. The minimum absolute atomic E-state index is 0.280. The number of aryl methyl sites for hydroxylation is 1. The number of pyridine rings is 1. The van der Waals surface area contributed by atoms with Crippen LogP contribution in [0.5, 0.6) is 0 Å². The van der Waals surface area contributed by atoms with E-state index in [2.05, 4.69) is 15.6 Å². The Morgan fingerprint density at radius 1 is 1.50 bits per heavy atom. The van der Waals surface area contributed by atoms with Crippen molar-refractivity contribution in [1.29, 1.82) is 0 Å². The molecule has 0 aliphatic heterocycles. The van der Waals surface area contributed by atoms with Crippen LogP contribution in [0.3, 0.4) is 0 Å². The van der Waals surface area contributed by atoms with Crippen molar-refractivity contribution in [3.8, 4) is 0 Å². The van der Waals surface area contributed by atoms with Gasteiger partial charge in [-0.2, -0.15) is 0 Å². The quantitative estimate of drug-likeness (QED) is 0.725. The summed E-state index contributed by atoms with van der Waals surface area (Å²) in [6.45, 7) is 3.69. The summed E-state index contributed by atoms with van der Waals surface area (Å²) in [7, 11) is 0. The number of carbonyl (C=O) groups excluding carboxylic acids is 1. The summed E-state index contributed by atoms with van der Waals surface area (Å²) < 4.78 is 0. The Hall–Kier alpha value is -2.11. The Balaban J connectivity index is 2.50. The first kappa shape index (κ1) is 14.0. The number of urea groups is 1. The molecule has 0 fully saturated rings. The van der Waals surface area contributed by atoms with Gasteiger partial charge in [0.1, 0.15) is 6.04 Å². The van der Waals surface area contributed by atoms with Crippen molar-refractivity contribution in [2.24, 2.45) is 0 Å². The first-order chi connectivity index (χ1) is 8.54. The van der Waals surface area contributed by atoms with Crippen molar-refractivity contribution >= 4 is 12.0 Å². The predicted octanol–water partition coefficient (Wildman–Crippen LogP) is 0.916. The first-order valence-corrected chi connectivity index (χ1v) is 5.74. The molecule has 1 aromatic heterocycles. The molecule has 1 aromatic rings. The van der Waals surface area contributed by atoms with E-state index in [1.54, 1.807) is 6.20 Å². The largest absolute Gasteiger partial charge is 0.480 e. The Bertz CT molecular complexity index is 434. The number of aliphatic carboxylic acids is 1. The van der Waals surface area contributed by atoms with Gasteiger partial charge >= 0.3 is 12.0 Å². The predicted molar refractivity (Wildman–Crippen MR) is 66.1 cm³/mol. The van der Waals surface area contributed by atoms with Crippen LogP contribution in [0.2, 0.25) is 0 Å². The number of aromatic nitrogens is 1. The van der Waals surface area contributed by atoms with E-state index in [9.17, 15) is 9.59 Å². The second-order valence-corrected chi connectivity index (χ2v) is 3.85. The third kappa shape index (κ3) is 4.04. The number of carboxylic acid groups (broad SMARTS) is 1.